The van der Waals surface area contributed by atoms with Gasteiger partial charge in [0, 0.05) is 14.1 Å². The topological polar surface area (TPSA) is 46.1 Å². The van der Waals surface area contributed by atoms with Crippen molar-refractivity contribution in [3.05, 3.63) is 10.5 Å². The van der Waals surface area contributed by atoms with Crippen LogP contribution in [0.1, 0.15) is 9.80 Å². The maximum atomic E-state index is 11.0. The van der Waals surface area contributed by atoms with Crippen LogP contribution < -0.4 is 0 Å². The Morgan fingerprint density at radius 1 is 1.70 bits per heavy atom. The molecule has 0 aliphatic heterocycles. The van der Waals surface area contributed by atoms with E-state index in [0.717, 1.165) is 0 Å². The molecular formula is C5H7N3OS. The lowest BCUT2D eigenvalue weighted by atomic mass is 10.6. The molecule has 1 aromatic heterocycles. The molecule has 0 bridgehead atoms. The minimum absolute atomic E-state index is 0.0949. The van der Waals surface area contributed by atoms with E-state index < -0.39 is 0 Å². The average Bonchev–Trinajstić information content (AvgIpc) is 2.36. The van der Waals surface area contributed by atoms with E-state index in [0.29, 0.717) is 5.01 Å². The summed E-state index contributed by atoms with van der Waals surface area (Å²) >= 11 is 1.25. The normalized spacial score (nSPS) is 9.40. The molecule has 0 unspecified atom stereocenters. The molecule has 5 heteroatoms. The summed E-state index contributed by atoms with van der Waals surface area (Å²) in [6, 6.07) is 0. The van der Waals surface area contributed by atoms with Crippen molar-refractivity contribution in [1.29, 1.82) is 0 Å². The lowest BCUT2D eigenvalue weighted by Gasteiger charge is -2.05. The molecule has 0 fully saturated rings. The smallest absolute Gasteiger partial charge is 0.284 e. The lowest BCUT2D eigenvalue weighted by molar-refractivity contribution is 0.0826. The van der Waals surface area contributed by atoms with Gasteiger partial charge in [0.2, 0.25) is 5.01 Å². The molecule has 1 heterocycles. The predicted octanol–water partition coefficient (Wildman–Crippen LogP) is 0.240. The Kier molecular flexibility index (Phi) is 1.96. The molecule has 1 amide bonds. The summed E-state index contributed by atoms with van der Waals surface area (Å²) < 4.78 is 0. The maximum Gasteiger partial charge on any atom is 0.284 e. The van der Waals surface area contributed by atoms with Crippen molar-refractivity contribution in [2.75, 3.05) is 14.1 Å². The van der Waals surface area contributed by atoms with Crippen molar-refractivity contribution in [1.82, 2.24) is 15.1 Å². The van der Waals surface area contributed by atoms with Gasteiger partial charge >= 0.3 is 0 Å². The van der Waals surface area contributed by atoms with Crippen LogP contribution in [0, 0.1) is 0 Å². The number of nitrogens with zero attached hydrogens (tertiary/aromatic N) is 3. The van der Waals surface area contributed by atoms with E-state index in [1.54, 1.807) is 14.1 Å². The molecule has 0 spiro atoms. The Hall–Kier alpha value is -0.970. The fourth-order valence-electron chi connectivity index (χ4n) is 0.458. The van der Waals surface area contributed by atoms with Crippen molar-refractivity contribution < 1.29 is 4.79 Å². The van der Waals surface area contributed by atoms with E-state index in [4.69, 9.17) is 0 Å². The van der Waals surface area contributed by atoms with E-state index in [-0.39, 0.29) is 5.91 Å². The van der Waals surface area contributed by atoms with Crippen molar-refractivity contribution in [3.63, 3.8) is 0 Å². The first-order valence-electron chi connectivity index (χ1n) is 2.69. The SMILES string of the molecule is CN(C)C(=O)c1nncs1. The van der Waals surface area contributed by atoms with Gasteiger partial charge in [-0.05, 0) is 0 Å². The lowest BCUT2D eigenvalue weighted by Crippen LogP contribution is -2.21. The van der Waals surface area contributed by atoms with Crippen LogP contribution in [0.2, 0.25) is 0 Å². The molecule has 0 saturated carbocycles. The van der Waals surface area contributed by atoms with Gasteiger partial charge in [0.1, 0.15) is 5.51 Å². The van der Waals surface area contributed by atoms with Crippen molar-refractivity contribution in [2.45, 2.75) is 0 Å². The Bertz CT molecular complexity index is 219. The molecule has 0 aromatic carbocycles. The van der Waals surface area contributed by atoms with Crippen molar-refractivity contribution in [2.24, 2.45) is 0 Å². The molecule has 4 nitrogen and oxygen atoms in total. The highest BCUT2D eigenvalue weighted by atomic mass is 32.1. The highest BCUT2D eigenvalue weighted by Crippen LogP contribution is 2.02. The third-order valence-electron chi connectivity index (χ3n) is 0.949. The van der Waals surface area contributed by atoms with Crippen LogP contribution in [0.15, 0.2) is 5.51 Å². The van der Waals surface area contributed by atoms with Crippen LogP contribution in [0.4, 0.5) is 0 Å². The minimum atomic E-state index is -0.0949. The molecule has 0 N–H and O–H groups in total. The number of hydrogen-bond donors (Lipinski definition) is 0. The Morgan fingerprint density at radius 2 is 2.40 bits per heavy atom. The number of carbonyl (C=O) groups excluding carboxylic acids is 1. The van der Waals surface area contributed by atoms with E-state index >= 15 is 0 Å². The Labute approximate surface area is 62.5 Å². The number of carbonyl (C=O) groups is 1. The van der Waals surface area contributed by atoms with Gasteiger partial charge in [-0.1, -0.05) is 11.3 Å². The monoisotopic (exact) mass is 157 g/mol. The van der Waals surface area contributed by atoms with Gasteiger partial charge < -0.3 is 4.90 Å². The van der Waals surface area contributed by atoms with E-state index in [2.05, 4.69) is 10.2 Å². The van der Waals surface area contributed by atoms with Gasteiger partial charge in [-0.2, -0.15) is 0 Å². The number of rotatable bonds is 1. The first kappa shape index (κ1) is 7.14. The summed E-state index contributed by atoms with van der Waals surface area (Å²) in [4.78, 5) is 12.5. The molecule has 1 aromatic rings. The third-order valence-corrected chi connectivity index (χ3v) is 1.63. The zero-order valence-corrected chi connectivity index (χ0v) is 6.55. The van der Waals surface area contributed by atoms with Crippen molar-refractivity contribution >= 4 is 17.2 Å². The predicted molar refractivity (Wildman–Crippen MR) is 37.9 cm³/mol. The summed E-state index contributed by atoms with van der Waals surface area (Å²) in [6.45, 7) is 0. The largest absolute Gasteiger partial charge is 0.343 e. The highest BCUT2D eigenvalue weighted by Gasteiger charge is 2.09. The first-order chi connectivity index (χ1) is 4.72. The summed E-state index contributed by atoms with van der Waals surface area (Å²) in [6.07, 6.45) is 0. The Morgan fingerprint density at radius 3 is 2.80 bits per heavy atom. The summed E-state index contributed by atoms with van der Waals surface area (Å²) in [5.74, 6) is -0.0949. The minimum Gasteiger partial charge on any atom is -0.343 e. The Balaban J connectivity index is 2.78. The van der Waals surface area contributed by atoms with E-state index in [1.807, 2.05) is 0 Å². The van der Waals surface area contributed by atoms with Crippen LogP contribution in [-0.4, -0.2) is 35.1 Å². The molecular weight excluding hydrogens is 150 g/mol. The third kappa shape index (κ3) is 1.30. The van der Waals surface area contributed by atoms with Gasteiger partial charge in [-0.25, -0.2) is 0 Å². The van der Waals surface area contributed by atoms with Gasteiger partial charge in [-0.15, -0.1) is 10.2 Å². The molecule has 0 aliphatic rings. The van der Waals surface area contributed by atoms with Gasteiger partial charge in [-0.3, -0.25) is 4.79 Å². The molecule has 10 heavy (non-hydrogen) atoms. The van der Waals surface area contributed by atoms with Crippen LogP contribution in [0.25, 0.3) is 0 Å². The zero-order valence-electron chi connectivity index (χ0n) is 5.74. The zero-order chi connectivity index (χ0) is 7.56. The summed E-state index contributed by atoms with van der Waals surface area (Å²) in [5.41, 5.74) is 1.54. The van der Waals surface area contributed by atoms with Gasteiger partial charge in [0.15, 0.2) is 0 Å². The molecule has 0 atom stereocenters. The van der Waals surface area contributed by atoms with Crippen LogP contribution in [0.5, 0.6) is 0 Å². The fourth-order valence-corrected chi connectivity index (χ4v) is 1.03. The number of hydrogen-bond acceptors (Lipinski definition) is 4. The van der Waals surface area contributed by atoms with Crippen molar-refractivity contribution in [3.8, 4) is 0 Å². The van der Waals surface area contributed by atoms with Gasteiger partial charge in [0.05, 0.1) is 0 Å². The second kappa shape index (κ2) is 2.74. The van der Waals surface area contributed by atoms with Gasteiger partial charge in [0.25, 0.3) is 5.91 Å². The van der Waals surface area contributed by atoms with Crippen LogP contribution in [-0.2, 0) is 0 Å². The summed E-state index contributed by atoms with van der Waals surface area (Å²) in [5, 5.41) is 7.60. The maximum absolute atomic E-state index is 11.0. The fraction of sp³-hybridized carbons (Fsp3) is 0.400. The number of aromatic nitrogens is 2. The second-order valence-corrected chi connectivity index (χ2v) is 2.78. The first-order valence-corrected chi connectivity index (χ1v) is 3.57. The standard InChI is InChI=1S/C5H7N3OS/c1-8(2)5(9)4-7-6-3-10-4/h3H,1-2H3. The average molecular weight is 157 g/mol. The second-order valence-electron chi connectivity index (χ2n) is 1.94. The van der Waals surface area contributed by atoms with E-state index in [1.165, 1.54) is 21.7 Å². The quantitative estimate of drug-likeness (QED) is 0.586. The number of amides is 1. The summed E-state index contributed by atoms with van der Waals surface area (Å²) in [7, 11) is 3.37. The highest BCUT2D eigenvalue weighted by molar-refractivity contribution is 7.11. The van der Waals surface area contributed by atoms with Crippen LogP contribution in [0.3, 0.4) is 0 Å². The van der Waals surface area contributed by atoms with Crippen LogP contribution >= 0.6 is 11.3 Å². The molecule has 54 valence electrons. The van der Waals surface area contributed by atoms with E-state index in [9.17, 15) is 4.79 Å². The molecule has 1 rings (SSSR count). The molecule has 0 radical (unpaired) electrons. The molecule has 0 saturated heterocycles. The molecule has 0 aliphatic carbocycles.